The van der Waals surface area contributed by atoms with Crippen LogP contribution in [0.15, 0.2) is 30.3 Å². The van der Waals surface area contributed by atoms with Crippen molar-refractivity contribution >= 4 is 22.5 Å². The van der Waals surface area contributed by atoms with Gasteiger partial charge in [-0.25, -0.2) is 0 Å². The first kappa shape index (κ1) is 14.5. The minimum absolute atomic E-state index is 0.287. The van der Waals surface area contributed by atoms with Crippen molar-refractivity contribution in [2.45, 2.75) is 32.1 Å². The average molecular weight is 309 g/mol. The van der Waals surface area contributed by atoms with Gasteiger partial charge in [-0.15, -0.1) is 0 Å². The topological polar surface area (TPSA) is 59.2 Å². The van der Waals surface area contributed by atoms with Gasteiger partial charge < -0.3 is 10.6 Å². The lowest BCUT2D eigenvalue weighted by Gasteiger charge is -2.32. The zero-order valence-electron chi connectivity index (χ0n) is 13.5. The number of para-hydroxylation sites is 1. The fourth-order valence-electron chi connectivity index (χ4n) is 3.75. The number of anilines is 1. The highest BCUT2D eigenvalue weighted by molar-refractivity contribution is 5.83. The van der Waals surface area contributed by atoms with Gasteiger partial charge >= 0.3 is 0 Å². The highest BCUT2D eigenvalue weighted by atomic mass is 16.2. The van der Waals surface area contributed by atoms with Gasteiger partial charge in [0.2, 0.25) is 5.91 Å². The lowest BCUT2D eigenvalue weighted by Crippen LogP contribution is -2.39. The minimum Gasteiger partial charge on any atom is -0.397 e. The Morgan fingerprint density at radius 2 is 1.96 bits per heavy atom. The smallest absolute Gasteiger partial charge is 0.225 e. The standard InChI is InChI=1S/C19H23N3O/c1-12-10-15(12)19(23)22-8-6-13(7-9-22)18-16(20)11-14-4-2-3-5-17(14)21-18/h2-5,11-13,15H,6-10,20H2,1H3/t12-,15+/m1/s1. The second kappa shape index (κ2) is 5.52. The van der Waals surface area contributed by atoms with Crippen LogP contribution in [0.3, 0.4) is 0 Å². The Kier molecular flexibility index (Phi) is 3.47. The molecule has 1 aliphatic carbocycles. The number of hydrogen-bond donors (Lipinski definition) is 1. The van der Waals surface area contributed by atoms with E-state index < -0.39 is 0 Å². The molecule has 1 saturated carbocycles. The molecular formula is C19H23N3O. The van der Waals surface area contributed by atoms with E-state index in [1.807, 2.05) is 35.2 Å². The highest BCUT2D eigenvalue weighted by Crippen LogP contribution is 2.40. The van der Waals surface area contributed by atoms with Gasteiger partial charge in [0.05, 0.1) is 16.9 Å². The Bertz CT molecular complexity index is 749. The van der Waals surface area contributed by atoms with E-state index in [0.717, 1.165) is 54.6 Å². The van der Waals surface area contributed by atoms with E-state index >= 15 is 0 Å². The number of carbonyl (C=O) groups excluding carboxylic acids is 1. The van der Waals surface area contributed by atoms with Gasteiger partial charge in [0.15, 0.2) is 0 Å². The molecule has 1 saturated heterocycles. The average Bonchev–Trinajstić information content (AvgIpc) is 3.30. The number of amides is 1. The largest absolute Gasteiger partial charge is 0.397 e. The lowest BCUT2D eigenvalue weighted by molar-refractivity contribution is -0.133. The number of rotatable bonds is 2. The summed E-state index contributed by atoms with van der Waals surface area (Å²) in [6.45, 7) is 3.83. The van der Waals surface area contributed by atoms with E-state index in [2.05, 4.69) is 6.92 Å². The molecule has 1 aromatic heterocycles. The zero-order chi connectivity index (χ0) is 16.0. The van der Waals surface area contributed by atoms with Crippen molar-refractivity contribution in [3.05, 3.63) is 36.0 Å². The summed E-state index contributed by atoms with van der Waals surface area (Å²) in [7, 11) is 0. The van der Waals surface area contributed by atoms with Crippen LogP contribution < -0.4 is 5.73 Å². The molecule has 120 valence electrons. The number of hydrogen-bond acceptors (Lipinski definition) is 3. The van der Waals surface area contributed by atoms with Crippen molar-refractivity contribution in [2.24, 2.45) is 11.8 Å². The number of nitrogens with zero attached hydrogens (tertiary/aromatic N) is 2. The molecule has 2 aliphatic rings. The quantitative estimate of drug-likeness (QED) is 0.927. The zero-order valence-corrected chi connectivity index (χ0v) is 13.5. The number of fused-ring (bicyclic) bond motifs is 1. The van der Waals surface area contributed by atoms with Crippen LogP contribution in [0.4, 0.5) is 5.69 Å². The molecule has 4 heteroatoms. The van der Waals surface area contributed by atoms with Crippen LogP contribution in [0.2, 0.25) is 0 Å². The number of pyridine rings is 1. The third-order valence-corrected chi connectivity index (χ3v) is 5.40. The molecule has 2 N–H and O–H groups in total. The van der Waals surface area contributed by atoms with Gasteiger partial charge in [-0.1, -0.05) is 25.1 Å². The summed E-state index contributed by atoms with van der Waals surface area (Å²) in [4.78, 5) is 19.2. The molecule has 4 rings (SSSR count). The summed E-state index contributed by atoms with van der Waals surface area (Å²) in [6, 6.07) is 10.1. The van der Waals surface area contributed by atoms with Crippen LogP contribution in [-0.4, -0.2) is 28.9 Å². The summed E-state index contributed by atoms with van der Waals surface area (Å²) in [5, 5.41) is 1.09. The van der Waals surface area contributed by atoms with Crippen molar-refractivity contribution in [1.29, 1.82) is 0 Å². The second-order valence-electron chi connectivity index (χ2n) is 7.07. The SMILES string of the molecule is C[C@@H]1C[C@@H]1C(=O)N1CCC(c2nc3ccccc3cc2N)CC1. The third kappa shape index (κ3) is 2.67. The molecule has 4 nitrogen and oxygen atoms in total. The Hall–Kier alpha value is -2.10. The fourth-order valence-corrected chi connectivity index (χ4v) is 3.75. The van der Waals surface area contributed by atoms with E-state index in [9.17, 15) is 4.79 Å². The minimum atomic E-state index is 0.287. The van der Waals surface area contributed by atoms with Crippen molar-refractivity contribution in [3.8, 4) is 0 Å². The van der Waals surface area contributed by atoms with Crippen LogP contribution in [0.1, 0.15) is 37.8 Å². The van der Waals surface area contributed by atoms with E-state index in [0.29, 0.717) is 17.7 Å². The maximum Gasteiger partial charge on any atom is 0.225 e. The molecule has 2 atom stereocenters. The maximum absolute atomic E-state index is 12.3. The molecule has 2 fully saturated rings. The summed E-state index contributed by atoms with van der Waals surface area (Å²) >= 11 is 0. The van der Waals surface area contributed by atoms with E-state index in [1.165, 1.54) is 0 Å². The Morgan fingerprint density at radius 3 is 2.65 bits per heavy atom. The number of likely N-dealkylation sites (tertiary alicyclic amines) is 1. The number of aromatic nitrogens is 1. The van der Waals surface area contributed by atoms with Crippen LogP contribution in [0.25, 0.3) is 10.9 Å². The van der Waals surface area contributed by atoms with Gasteiger partial charge in [0.25, 0.3) is 0 Å². The van der Waals surface area contributed by atoms with Crippen molar-refractivity contribution < 1.29 is 4.79 Å². The molecule has 2 aromatic rings. The van der Waals surface area contributed by atoms with Crippen LogP contribution in [0, 0.1) is 11.8 Å². The van der Waals surface area contributed by atoms with E-state index in [4.69, 9.17) is 10.7 Å². The molecular weight excluding hydrogens is 286 g/mol. The van der Waals surface area contributed by atoms with Crippen molar-refractivity contribution in [2.75, 3.05) is 18.8 Å². The number of nitrogen functional groups attached to an aromatic ring is 1. The van der Waals surface area contributed by atoms with Gasteiger partial charge in [0.1, 0.15) is 0 Å². The fraction of sp³-hybridized carbons (Fsp3) is 0.474. The van der Waals surface area contributed by atoms with Crippen LogP contribution >= 0.6 is 0 Å². The Balaban J connectivity index is 1.50. The van der Waals surface area contributed by atoms with Gasteiger partial charge in [0, 0.05) is 30.3 Å². The molecule has 0 bridgehead atoms. The first-order valence-corrected chi connectivity index (χ1v) is 8.57. The van der Waals surface area contributed by atoms with Crippen LogP contribution in [0.5, 0.6) is 0 Å². The molecule has 1 aliphatic heterocycles. The van der Waals surface area contributed by atoms with Crippen molar-refractivity contribution in [3.63, 3.8) is 0 Å². The van der Waals surface area contributed by atoms with Gasteiger partial charge in [-0.3, -0.25) is 9.78 Å². The predicted molar refractivity (Wildman–Crippen MR) is 92.0 cm³/mol. The second-order valence-corrected chi connectivity index (χ2v) is 7.07. The van der Waals surface area contributed by atoms with Gasteiger partial charge in [-0.2, -0.15) is 0 Å². The molecule has 0 radical (unpaired) electrons. The maximum atomic E-state index is 12.3. The number of piperidine rings is 1. The number of benzene rings is 1. The first-order valence-electron chi connectivity index (χ1n) is 8.57. The summed E-state index contributed by atoms with van der Waals surface area (Å²) in [6.07, 6.45) is 2.99. The third-order valence-electron chi connectivity index (χ3n) is 5.40. The Labute approximate surface area is 136 Å². The first-order chi connectivity index (χ1) is 11.1. The molecule has 2 heterocycles. The molecule has 23 heavy (non-hydrogen) atoms. The highest BCUT2D eigenvalue weighted by Gasteiger charge is 2.42. The summed E-state index contributed by atoms with van der Waals surface area (Å²) in [5.74, 6) is 1.59. The van der Waals surface area contributed by atoms with Crippen LogP contribution in [-0.2, 0) is 4.79 Å². The summed E-state index contributed by atoms with van der Waals surface area (Å²) < 4.78 is 0. The normalized spacial score (nSPS) is 24.8. The predicted octanol–water partition coefficient (Wildman–Crippen LogP) is 3.18. The number of nitrogens with two attached hydrogens (primary N) is 1. The van der Waals surface area contributed by atoms with Crippen molar-refractivity contribution in [1.82, 2.24) is 9.88 Å². The van der Waals surface area contributed by atoms with Gasteiger partial charge in [-0.05, 0) is 37.3 Å². The summed E-state index contributed by atoms with van der Waals surface area (Å²) in [5.41, 5.74) is 9.04. The number of carbonyl (C=O) groups is 1. The van der Waals surface area contributed by atoms with E-state index in [1.54, 1.807) is 0 Å². The monoisotopic (exact) mass is 309 g/mol. The molecule has 1 aromatic carbocycles. The lowest BCUT2D eigenvalue weighted by atomic mass is 9.91. The Morgan fingerprint density at radius 1 is 1.26 bits per heavy atom. The molecule has 1 amide bonds. The molecule has 0 unspecified atom stereocenters. The molecule has 0 spiro atoms. The van der Waals surface area contributed by atoms with E-state index in [-0.39, 0.29) is 5.92 Å².